The van der Waals surface area contributed by atoms with Crippen molar-refractivity contribution in [3.63, 3.8) is 0 Å². The van der Waals surface area contributed by atoms with Crippen molar-refractivity contribution in [2.75, 3.05) is 17.3 Å². The van der Waals surface area contributed by atoms with Gasteiger partial charge >= 0.3 is 0 Å². The summed E-state index contributed by atoms with van der Waals surface area (Å²) in [6, 6.07) is 32.2. The van der Waals surface area contributed by atoms with Gasteiger partial charge < -0.3 is 15.0 Å². The first-order valence-corrected chi connectivity index (χ1v) is 11.3. The van der Waals surface area contributed by atoms with Gasteiger partial charge in [0.1, 0.15) is 11.6 Å². The highest BCUT2D eigenvalue weighted by Gasteiger charge is 2.13. The van der Waals surface area contributed by atoms with E-state index < -0.39 is 0 Å². The van der Waals surface area contributed by atoms with Crippen LogP contribution in [-0.2, 0) is 24.3 Å². The smallest absolute Gasteiger partial charge is 0.228 e. The van der Waals surface area contributed by atoms with Gasteiger partial charge in [0.05, 0.1) is 24.9 Å². The minimum Gasteiger partial charge on any atom is -0.497 e. The summed E-state index contributed by atoms with van der Waals surface area (Å²) in [4.78, 5) is 19.7. The zero-order valence-electron chi connectivity index (χ0n) is 19.6. The molecule has 1 amide bonds. The van der Waals surface area contributed by atoms with Crippen molar-refractivity contribution in [2.45, 2.75) is 26.4 Å². The molecule has 172 valence electrons. The quantitative estimate of drug-likeness (QED) is 0.350. The van der Waals surface area contributed by atoms with E-state index in [1.165, 1.54) is 11.1 Å². The molecule has 0 fully saturated rings. The van der Waals surface area contributed by atoms with Crippen molar-refractivity contribution < 1.29 is 9.53 Å². The number of aryl methyl sites for hydroxylation is 1. The number of methoxy groups -OCH3 is 1. The number of ether oxygens (including phenoxy) is 1. The number of carbonyl (C=O) groups is 1. The molecule has 5 heteroatoms. The molecule has 0 spiro atoms. The van der Waals surface area contributed by atoms with Gasteiger partial charge in [-0.2, -0.15) is 0 Å². The lowest BCUT2D eigenvalue weighted by atomic mass is 10.1. The summed E-state index contributed by atoms with van der Waals surface area (Å²) in [6.07, 6.45) is 0.291. The molecule has 0 unspecified atom stereocenters. The first-order chi connectivity index (χ1) is 16.6. The van der Waals surface area contributed by atoms with Gasteiger partial charge in [-0.3, -0.25) is 4.79 Å². The third kappa shape index (κ3) is 6.23. The normalized spacial score (nSPS) is 10.5. The fraction of sp³-hybridized carbons (Fsp3) is 0.172. The highest BCUT2D eigenvalue weighted by Crippen LogP contribution is 2.23. The molecule has 34 heavy (non-hydrogen) atoms. The number of rotatable bonds is 9. The standard InChI is InChI=1S/C29H29N3O2/c1-22-27(31-29(33)19-23-13-15-26(34-2)16-14-23)17-18-28(30-22)32(20-24-9-5-3-6-10-24)21-25-11-7-4-8-12-25/h3-18H,19-21H2,1-2H3,(H,31,33). The Kier molecular flexibility index (Phi) is 7.56. The van der Waals surface area contributed by atoms with Crippen LogP contribution in [0.1, 0.15) is 22.4 Å². The molecule has 4 rings (SSSR count). The topological polar surface area (TPSA) is 54.5 Å². The fourth-order valence-electron chi connectivity index (χ4n) is 3.80. The van der Waals surface area contributed by atoms with Gasteiger partial charge in [0.25, 0.3) is 0 Å². The van der Waals surface area contributed by atoms with E-state index >= 15 is 0 Å². The SMILES string of the molecule is COc1ccc(CC(=O)Nc2ccc(N(Cc3ccccc3)Cc3ccccc3)nc2C)cc1. The molecule has 1 aromatic heterocycles. The van der Waals surface area contributed by atoms with Gasteiger partial charge in [0.15, 0.2) is 0 Å². The largest absolute Gasteiger partial charge is 0.497 e. The Morgan fingerprint density at radius 2 is 1.38 bits per heavy atom. The molecule has 3 aromatic carbocycles. The molecular formula is C29H29N3O2. The van der Waals surface area contributed by atoms with Crippen molar-refractivity contribution in [1.29, 1.82) is 0 Å². The summed E-state index contributed by atoms with van der Waals surface area (Å²) < 4.78 is 5.18. The number of carbonyl (C=O) groups excluding carboxylic acids is 1. The minimum atomic E-state index is -0.0757. The van der Waals surface area contributed by atoms with E-state index in [0.29, 0.717) is 6.42 Å². The van der Waals surface area contributed by atoms with Crippen molar-refractivity contribution >= 4 is 17.4 Å². The second kappa shape index (κ2) is 11.1. The van der Waals surface area contributed by atoms with E-state index in [2.05, 4.69) is 58.7 Å². The summed E-state index contributed by atoms with van der Waals surface area (Å²) in [7, 11) is 1.63. The summed E-state index contributed by atoms with van der Waals surface area (Å²) in [5.41, 5.74) is 4.87. The van der Waals surface area contributed by atoms with Crippen LogP contribution in [0.5, 0.6) is 5.75 Å². The van der Waals surface area contributed by atoms with Crippen molar-refractivity contribution in [3.8, 4) is 5.75 Å². The van der Waals surface area contributed by atoms with Gasteiger partial charge in [-0.05, 0) is 47.9 Å². The van der Waals surface area contributed by atoms with Crippen molar-refractivity contribution in [3.05, 3.63) is 119 Å². The fourth-order valence-corrected chi connectivity index (χ4v) is 3.80. The Hall–Kier alpha value is -4.12. The molecule has 0 saturated carbocycles. The number of hydrogen-bond donors (Lipinski definition) is 1. The van der Waals surface area contributed by atoms with Crippen LogP contribution in [-0.4, -0.2) is 18.0 Å². The van der Waals surface area contributed by atoms with Crippen molar-refractivity contribution in [2.24, 2.45) is 0 Å². The number of pyridine rings is 1. The molecule has 1 N–H and O–H groups in total. The number of aromatic nitrogens is 1. The Labute approximate surface area is 201 Å². The molecule has 0 saturated heterocycles. The van der Waals surface area contributed by atoms with Crippen LogP contribution >= 0.6 is 0 Å². The van der Waals surface area contributed by atoms with E-state index in [9.17, 15) is 4.79 Å². The van der Waals surface area contributed by atoms with E-state index in [1.807, 2.05) is 55.5 Å². The first-order valence-electron chi connectivity index (χ1n) is 11.3. The maximum absolute atomic E-state index is 12.6. The van der Waals surface area contributed by atoms with Gasteiger partial charge in [-0.15, -0.1) is 0 Å². The zero-order chi connectivity index (χ0) is 23.8. The summed E-state index contributed by atoms with van der Waals surface area (Å²) >= 11 is 0. The maximum Gasteiger partial charge on any atom is 0.228 e. The number of nitrogens with one attached hydrogen (secondary N) is 1. The van der Waals surface area contributed by atoms with Crippen LogP contribution in [0.3, 0.4) is 0 Å². The second-order valence-corrected chi connectivity index (χ2v) is 8.20. The van der Waals surface area contributed by atoms with Crippen LogP contribution in [0.15, 0.2) is 97.1 Å². The summed E-state index contributed by atoms with van der Waals surface area (Å²) in [5, 5.41) is 3.00. The van der Waals surface area contributed by atoms with Crippen molar-refractivity contribution in [1.82, 2.24) is 4.98 Å². The highest BCUT2D eigenvalue weighted by molar-refractivity contribution is 5.92. The lowest BCUT2D eigenvalue weighted by Crippen LogP contribution is -2.24. The Bertz CT molecular complexity index is 1170. The maximum atomic E-state index is 12.6. The van der Waals surface area contributed by atoms with Crippen LogP contribution < -0.4 is 15.0 Å². The molecule has 5 nitrogen and oxygen atoms in total. The third-order valence-electron chi connectivity index (χ3n) is 5.63. The van der Waals surface area contributed by atoms with Crippen LogP contribution in [0.25, 0.3) is 0 Å². The summed E-state index contributed by atoms with van der Waals surface area (Å²) in [5.74, 6) is 1.57. The van der Waals surface area contributed by atoms with Crippen LogP contribution in [0, 0.1) is 6.92 Å². The minimum absolute atomic E-state index is 0.0757. The van der Waals surface area contributed by atoms with E-state index in [4.69, 9.17) is 9.72 Å². The average Bonchev–Trinajstić information content (AvgIpc) is 2.86. The zero-order valence-corrected chi connectivity index (χ0v) is 19.6. The Balaban J connectivity index is 1.49. The third-order valence-corrected chi connectivity index (χ3v) is 5.63. The summed E-state index contributed by atoms with van der Waals surface area (Å²) in [6.45, 7) is 3.41. The molecular weight excluding hydrogens is 422 g/mol. The number of benzene rings is 3. The molecule has 0 aliphatic rings. The average molecular weight is 452 g/mol. The van der Waals surface area contributed by atoms with E-state index in [-0.39, 0.29) is 5.91 Å². The number of anilines is 2. The molecule has 0 aliphatic heterocycles. The highest BCUT2D eigenvalue weighted by atomic mass is 16.5. The van der Waals surface area contributed by atoms with Crippen LogP contribution in [0.4, 0.5) is 11.5 Å². The number of hydrogen-bond acceptors (Lipinski definition) is 4. The molecule has 0 atom stereocenters. The molecule has 0 radical (unpaired) electrons. The van der Waals surface area contributed by atoms with Gasteiger partial charge in [0.2, 0.25) is 5.91 Å². The Morgan fingerprint density at radius 3 is 1.91 bits per heavy atom. The lowest BCUT2D eigenvalue weighted by molar-refractivity contribution is -0.115. The monoisotopic (exact) mass is 451 g/mol. The first kappa shape index (κ1) is 23.1. The predicted molar refractivity (Wildman–Crippen MR) is 137 cm³/mol. The van der Waals surface area contributed by atoms with Gasteiger partial charge in [-0.1, -0.05) is 72.8 Å². The number of nitrogens with zero attached hydrogens (tertiary/aromatic N) is 2. The number of amides is 1. The molecule has 4 aromatic rings. The van der Waals surface area contributed by atoms with E-state index in [1.54, 1.807) is 7.11 Å². The van der Waals surface area contributed by atoms with Gasteiger partial charge in [-0.25, -0.2) is 4.98 Å². The Morgan fingerprint density at radius 1 is 0.794 bits per heavy atom. The van der Waals surface area contributed by atoms with E-state index in [0.717, 1.165) is 41.6 Å². The van der Waals surface area contributed by atoms with Gasteiger partial charge in [0, 0.05) is 13.1 Å². The molecule has 0 aliphatic carbocycles. The lowest BCUT2D eigenvalue weighted by Gasteiger charge is -2.25. The van der Waals surface area contributed by atoms with Crippen LogP contribution in [0.2, 0.25) is 0 Å². The molecule has 1 heterocycles. The predicted octanol–water partition coefficient (Wildman–Crippen LogP) is 5.79. The second-order valence-electron chi connectivity index (χ2n) is 8.20. The molecule has 0 bridgehead atoms.